The predicted octanol–water partition coefficient (Wildman–Crippen LogP) is -0.865. The number of amides is 1. The van der Waals surface area contributed by atoms with E-state index in [0.29, 0.717) is 0 Å². The Morgan fingerprint density at radius 3 is 2.77 bits per heavy atom. The van der Waals surface area contributed by atoms with Gasteiger partial charge in [0.25, 0.3) is 0 Å². The molecule has 5 heteroatoms. The highest BCUT2D eigenvalue weighted by Gasteiger charge is 2.31. The normalized spacial score (nSPS) is 34.0. The molecule has 0 radical (unpaired) electrons. The lowest BCUT2D eigenvalue weighted by molar-refractivity contribution is -0.305. The van der Waals surface area contributed by atoms with Crippen LogP contribution >= 0.6 is 11.8 Å². The van der Waals surface area contributed by atoms with Crippen LogP contribution in [0.15, 0.2) is 0 Å². The smallest absolute Gasteiger partial charge is 0.233 e. The summed E-state index contributed by atoms with van der Waals surface area (Å²) in [5, 5.41) is 12.8. The molecule has 74 valence electrons. The molecule has 3 unspecified atom stereocenters. The lowest BCUT2D eigenvalue weighted by Gasteiger charge is -2.32. The number of carbonyl (C=O) groups is 2. The quantitative estimate of drug-likeness (QED) is 0.632. The lowest BCUT2D eigenvalue weighted by Crippen LogP contribution is -2.50. The fourth-order valence-electron chi connectivity index (χ4n) is 1.17. The molecule has 13 heavy (non-hydrogen) atoms. The maximum absolute atomic E-state index is 11.3. The van der Waals surface area contributed by atoms with Gasteiger partial charge < -0.3 is 15.2 Å². The predicted molar refractivity (Wildman–Crippen MR) is 48.1 cm³/mol. The second kappa shape index (κ2) is 4.00. The largest absolute Gasteiger partial charge is 0.550 e. The van der Waals surface area contributed by atoms with Gasteiger partial charge in [0.2, 0.25) is 5.91 Å². The van der Waals surface area contributed by atoms with Crippen molar-refractivity contribution in [2.24, 2.45) is 0 Å². The van der Waals surface area contributed by atoms with Crippen LogP contribution in [0, 0.1) is 0 Å². The number of hydrogen-bond donors (Lipinski definition) is 1. The summed E-state index contributed by atoms with van der Waals surface area (Å²) in [5.74, 6) is -1.37. The number of carboxylic acids is 1. The first-order valence-electron chi connectivity index (χ1n) is 4.16. The van der Waals surface area contributed by atoms with Crippen LogP contribution in [0.5, 0.6) is 0 Å². The molecule has 4 nitrogen and oxygen atoms in total. The Hall–Kier alpha value is -0.710. The van der Waals surface area contributed by atoms with Crippen molar-refractivity contribution in [3.8, 4) is 0 Å². The molecule has 0 bridgehead atoms. The van der Waals surface area contributed by atoms with Crippen LogP contribution in [0.3, 0.4) is 0 Å². The van der Waals surface area contributed by atoms with E-state index in [1.165, 1.54) is 11.8 Å². The molecule has 3 atom stereocenters. The minimum absolute atomic E-state index is 0.107. The zero-order chi connectivity index (χ0) is 10.0. The monoisotopic (exact) mass is 202 g/mol. The van der Waals surface area contributed by atoms with Crippen molar-refractivity contribution in [2.75, 3.05) is 0 Å². The van der Waals surface area contributed by atoms with Gasteiger partial charge in [-0.25, -0.2) is 0 Å². The minimum atomic E-state index is -1.17. The minimum Gasteiger partial charge on any atom is -0.550 e. The molecule has 1 fully saturated rings. The molecular weight excluding hydrogens is 190 g/mol. The maximum atomic E-state index is 11.3. The Morgan fingerprint density at radius 2 is 2.23 bits per heavy atom. The van der Waals surface area contributed by atoms with Crippen LogP contribution in [0.25, 0.3) is 0 Å². The zero-order valence-electron chi connectivity index (χ0n) is 7.57. The van der Waals surface area contributed by atoms with Gasteiger partial charge in [0, 0.05) is 23.7 Å². The van der Waals surface area contributed by atoms with Gasteiger partial charge in [0.15, 0.2) is 0 Å². The van der Waals surface area contributed by atoms with E-state index in [9.17, 15) is 14.7 Å². The zero-order valence-corrected chi connectivity index (χ0v) is 8.39. The highest BCUT2D eigenvalue weighted by molar-refractivity contribution is 8.01. The van der Waals surface area contributed by atoms with E-state index < -0.39 is 11.2 Å². The van der Waals surface area contributed by atoms with Crippen molar-refractivity contribution >= 4 is 23.6 Å². The van der Waals surface area contributed by atoms with Gasteiger partial charge in [0.1, 0.15) is 0 Å². The number of hydrogen-bond acceptors (Lipinski definition) is 4. The number of carbonyl (C=O) groups excluding carboxylic acids is 2. The molecule has 1 saturated heterocycles. The summed E-state index contributed by atoms with van der Waals surface area (Å²) < 4.78 is 0. The van der Waals surface area contributed by atoms with Crippen molar-refractivity contribution in [1.82, 2.24) is 5.32 Å². The van der Waals surface area contributed by atoms with E-state index >= 15 is 0 Å². The van der Waals surface area contributed by atoms with E-state index in [0.717, 1.165) is 0 Å². The van der Waals surface area contributed by atoms with Crippen LogP contribution in [0.1, 0.15) is 20.3 Å². The number of carboxylic acid groups (broad SMARTS) is 1. The van der Waals surface area contributed by atoms with Gasteiger partial charge in [0.05, 0.1) is 5.25 Å². The molecule has 1 amide bonds. The fourth-order valence-corrected chi connectivity index (χ4v) is 2.41. The number of aliphatic carboxylic acids is 1. The summed E-state index contributed by atoms with van der Waals surface area (Å²) in [7, 11) is 0. The maximum Gasteiger partial charge on any atom is 0.233 e. The van der Waals surface area contributed by atoms with Gasteiger partial charge in [-0.2, -0.15) is 0 Å². The molecule has 0 spiro atoms. The Morgan fingerprint density at radius 1 is 1.62 bits per heavy atom. The van der Waals surface area contributed by atoms with Crippen molar-refractivity contribution in [3.05, 3.63) is 0 Å². The average molecular weight is 202 g/mol. The second-order valence-electron chi connectivity index (χ2n) is 3.20. The highest BCUT2D eigenvalue weighted by atomic mass is 32.2. The van der Waals surface area contributed by atoms with Gasteiger partial charge in [-0.05, 0) is 6.92 Å². The Labute approximate surface area is 81.1 Å². The third-order valence-electron chi connectivity index (χ3n) is 2.10. The second-order valence-corrected chi connectivity index (χ2v) is 4.79. The molecule has 0 aromatic rings. The van der Waals surface area contributed by atoms with E-state index in [1.807, 2.05) is 13.8 Å². The molecule has 1 heterocycles. The first-order valence-corrected chi connectivity index (χ1v) is 5.10. The molecule has 1 rings (SSSR count). The first kappa shape index (κ1) is 10.4. The lowest BCUT2D eigenvalue weighted by atomic mass is 10.2. The van der Waals surface area contributed by atoms with Crippen LogP contribution in [-0.2, 0) is 9.59 Å². The summed E-state index contributed by atoms with van der Waals surface area (Å²) in [6.45, 7) is 3.88. The molecule has 1 N–H and O–H groups in total. The summed E-state index contributed by atoms with van der Waals surface area (Å²) >= 11 is 1.40. The summed E-state index contributed by atoms with van der Waals surface area (Å²) in [6, 6.07) is 0.107. The van der Waals surface area contributed by atoms with Crippen molar-refractivity contribution in [2.45, 2.75) is 36.8 Å². The van der Waals surface area contributed by atoms with Gasteiger partial charge in [-0.3, -0.25) is 4.79 Å². The summed E-state index contributed by atoms with van der Waals surface area (Å²) in [6.07, 6.45) is -0.201. The topological polar surface area (TPSA) is 69.2 Å². The molecule has 0 aliphatic carbocycles. The standard InChI is InChI=1S/C8H13NO3S/c1-4-5(2)13-6(3-7(10)11)8(12)9-4/h4-6H,3H2,1-2H3,(H,9,12)(H,10,11)/p-1. The van der Waals surface area contributed by atoms with Crippen LogP contribution in [0.2, 0.25) is 0 Å². The van der Waals surface area contributed by atoms with Crippen LogP contribution < -0.4 is 10.4 Å². The third-order valence-corrected chi connectivity index (χ3v) is 3.64. The average Bonchev–Trinajstić information content (AvgIpc) is 1.99. The summed E-state index contributed by atoms with van der Waals surface area (Å²) in [5.41, 5.74) is 0. The van der Waals surface area contributed by atoms with Crippen molar-refractivity contribution < 1.29 is 14.7 Å². The van der Waals surface area contributed by atoms with Crippen molar-refractivity contribution in [3.63, 3.8) is 0 Å². The SMILES string of the molecule is CC1NC(=O)C(CC(=O)[O-])SC1C. The molecule has 1 aliphatic heterocycles. The Balaban J connectivity index is 2.56. The van der Waals surface area contributed by atoms with E-state index in [2.05, 4.69) is 5.32 Å². The number of rotatable bonds is 2. The van der Waals surface area contributed by atoms with Gasteiger partial charge >= 0.3 is 0 Å². The van der Waals surface area contributed by atoms with E-state index in [1.54, 1.807) is 0 Å². The Bertz CT molecular complexity index is 231. The summed E-state index contributed by atoms with van der Waals surface area (Å²) in [4.78, 5) is 21.6. The number of nitrogens with one attached hydrogen (secondary N) is 1. The Kier molecular flexibility index (Phi) is 3.19. The van der Waals surface area contributed by atoms with Gasteiger partial charge in [-0.1, -0.05) is 6.92 Å². The first-order chi connectivity index (χ1) is 6.00. The molecular formula is C8H12NO3S-. The molecule has 0 saturated carbocycles. The van der Waals surface area contributed by atoms with Gasteiger partial charge in [-0.15, -0.1) is 11.8 Å². The number of thioether (sulfide) groups is 1. The van der Waals surface area contributed by atoms with E-state index in [-0.39, 0.29) is 23.6 Å². The van der Waals surface area contributed by atoms with Crippen molar-refractivity contribution in [1.29, 1.82) is 0 Å². The fraction of sp³-hybridized carbons (Fsp3) is 0.750. The third kappa shape index (κ3) is 2.62. The van der Waals surface area contributed by atoms with Crippen LogP contribution in [-0.4, -0.2) is 28.4 Å². The molecule has 0 aromatic carbocycles. The highest BCUT2D eigenvalue weighted by Crippen LogP contribution is 2.27. The van der Waals surface area contributed by atoms with Crippen LogP contribution in [0.4, 0.5) is 0 Å². The molecule has 1 aliphatic rings. The van der Waals surface area contributed by atoms with E-state index in [4.69, 9.17) is 0 Å². The molecule has 0 aromatic heterocycles.